The van der Waals surface area contributed by atoms with Crippen molar-refractivity contribution in [3.8, 4) is 22.6 Å². The number of rotatable bonds is 10. The standard InChI is InChI=1S/C26H34N2O3/c1-3-6-20-8-9-25(30)23(17-20)24-18-21(7-4-2)16-22(26(24)31)19-28-13-11-27(12-14-28)10-5-15-29/h3-4,8-9,16-18,29-31H,1-2,5-7,10-15,19H2. The summed E-state index contributed by atoms with van der Waals surface area (Å²) in [4.78, 5) is 4.72. The molecule has 31 heavy (non-hydrogen) atoms. The van der Waals surface area contributed by atoms with Gasteiger partial charge in [-0.05, 0) is 48.6 Å². The number of benzene rings is 2. The van der Waals surface area contributed by atoms with Crippen molar-refractivity contribution in [3.05, 3.63) is 72.3 Å². The molecule has 0 unspecified atom stereocenters. The largest absolute Gasteiger partial charge is 0.507 e. The van der Waals surface area contributed by atoms with Crippen molar-refractivity contribution in [1.29, 1.82) is 0 Å². The summed E-state index contributed by atoms with van der Waals surface area (Å²) >= 11 is 0. The Balaban J connectivity index is 1.87. The first kappa shape index (κ1) is 23.1. The number of hydrogen-bond donors (Lipinski definition) is 3. The van der Waals surface area contributed by atoms with Gasteiger partial charge in [-0.15, -0.1) is 13.2 Å². The van der Waals surface area contributed by atoms with Crippen molar-refractivity contribution in [3.63, 3.8) is 0 Å². The minimum atomic E-state index is 0.155. The Kier molecular flexibility index (Phi) is 8.29. The number of piperazine rings is 1. The zero-order valence-electron chi connectivity index (χ0n) is 18.3. The lowest BCUT2D eigenvalue weighted by Gasteiger charge is -2.34. The third-order valence-electron chi connectivity index (χ3n) is 5.85. The van der Waals surface area contributed by atoms with E-state index >= 15 is 0 Å². The third kappa shape index (κ3) is 5.97. The molecule has 166 valence electrons. The number of phenols is 2. The van der Waals surface area contributed by atoms with Crippen molar-refractivity contribution < 1.29 is 15.3 Å². The first-order valence-corrected chi connectivity index (χ1v) is 11.0. The SMILES string of the molecule is C=CCc1ccc(O)c(-c2cc(CC=C)cc(CN3CCN(CCCO)CC3)c2O)c1. The topological polar surface area (TPSA) is 67.2 Å². The summed E-state index contributed by atoms with van der Waals surface area (Å²) in [6.45, 7) is 13.2. The van der Waals surface area contributed by atoms with Crippen molar-refractivity contribution in [2.24, 2.45) is 0 Å². The van der Waals surface area contributed by atoms with Crippen LogP contribution < -0.4 is 0 Å². The lowest BCUT2D eigenvalue weighted by atomic mass is 9.94. The van der Waals surface area contributed by atoms with Crippen LogP contribution >= 0.6 is 0 Å². The molecule has 0 amide bonds. The molecule has 1 aliphatic rings. The molecule has 5 heteroatoms. The molecule has 0 bridgehead atoms. The second-order valence-electron chi connectivity index (χ2n) is 8.18. The van der Waals surface area contributed by atoms with E-state index in [0.29, 0.717) is 30.5 Å². The normalized spacial score (nSPS) is 15.1. The molecular weight excluding hydrogens is 388 g/mol. The summed E-state index contributed by atoms with van der Waals surface area (Å²) in [5.41, 5.74) is 4.26. The smallest absolute Gasteiger partial charge is 0.128 e. The van der Waals surface area contributed by atoms with Crippen LogP contribution in [-0.2, 0) is 19.4 Å². The summed E-state index contributed by atoms with van der Waals surface area (Å²) < 4.78 is 0. The van der Waals surface area contributed by atoms with Gasteiger partial charge in [0.2, 0.25) is 0 Å². The van der Waals surface area contributed by atoms with Crippen LogP contribution in [0, 0.1) is 0 Å². The summed E-state index contributed by atoms with van der Waals surface area (Å²) in [6.07, 6.45) is 5.89. The van der Waals surface area contributed by atoms with E-state index in [1.165, 1.54) is 0 Å². The number of nitrogens with zero attached hydrogens (tertiary/aromatic N) is 2. The van der Waals surface area contributed by atoms with Crippen LogP contribution in [0.1, 0.15) is 23.1 Å². The average molecular weight is 423 g/mol. The molecule has 2 aromatic rings. The molecule has 0 atom stereocenters. The zero-order chi connectivity index (χ0) is 22.2. The zero-order valence-corrected chi connectivity index (χ0v) is 18.3. The van der Waals surface area contributed by atoms with Crippen molar-refractivity contribution >= 4 is 0 Å². The maximum atomic E-state index is 11.2. The minimum Gasteiger partial charge on any atom is -0.507 e. The van der Waals surface area contributed by atoms with Crippen molar-refractivity contribution in [2.75, 3.05) is 39.3 Å². The number of allylic oxidation sites excluding steroid dienone is 2. The quantitative estimate of drug-likeness (QED) is 0.509. The summed E-state index contributed by atoms with van der Waals surface area (Å²) in [6, 6.07) is 9.47. The van der Waals surface area contributed by atoms with Gasteiger partial charge in [0.05, 0.1) is 0 Å². The van der Waals surface area contributed by atoms with Crippen molar-refractivity contribution in [2.45, 2.75) is 25.8 Å². The molecule has 3 rings (SSSR count). The van der Waals surface area contributed by atoms with Gasteiger partial charge in [-0.2, -0.15) is 0 Å². The molecule has 5 nitrogen and oxygen atoms in total. The molecular formula is C26H34N2O3. The summed E-state index contributed by atoms with van der Waals surface area (Å²) in [7, 11) is 0. The van der Waals surface area contributed by atoms with E-state index in [4.69, 9.17) is 5.11 Å². The van der Waals surface area contributed by atoms with Gasteiger partial charge in [0.15, 0.2) is 0 Å². The van der Waals surface area contributed by atoms with Crippen LogP contribution in [0.15, 0.2) is 55.6 Å². The maximum absolute atomic E-state index is 11.2. The molecule has 1 fully saturated rings. The first-order valence-electron chi connectivity index (χ1n) is 11.0. The van der Waals surface area contributed by atoms with E-state index in [-0.39, 0.29) is 18.1 Å². The van der Waals surface area contributed by atoms with Crippen LogP contribution in [0.3, 0.4) is 0 Å². The van der Waals surface area contributed by atoms with Gasteiger partial charge < -0.3 is 20.2 Å². The fraction of sp³-hybridized carbons (Fsp3) is 0.385. The van der Waals surface area contributed by atoms with E-state index in [0.717, 1.165) is 55.8 Å². The highest BCUT2D eigenvalue weighted by atomic mass is 16.3. The molecule has 3 N–H and O–H groups in total. The van der Waals surface area contributed by atoms with Gasteiger partial charge in [-0.25, -0.2) is 0 Å². The van der Waals surface area contributed by atoms with E-state index in [1.54, 1.807) is 6.07 Å². The van der Waals surface area contributed by atoms with Crippen LogP contribution in [-0.4, -0.2) is 64.5 Å². The molecule has 1 heterocycles. The lowest BCUT2D eigenvalue weighted by Crippen LogP contribution is -2.46. The maximum Gasteiger partial charge on any atom is 0.128 e. The van der Waals surface area contributed by atoms with E-state index in [9.17, 15) is 10.2 Å². The Morgan fingerprint density at radius 3 is 2.16 bits per heavy atom. The molecule has 1 aliphatic heterocycles. The monoisotopic (exact) mass is 422 g/mol. The van der Waals surface area contributed by atoms with Crippen LogP contribution in [0.5, 0.6) is 11.5 Å². The molecule has 1 saturated heterocycles. The highest BCUT2D eigenvalue weighted by Gasteiger charge is 2.20. The highest BCUT2D eigenvalue weighted by Crippen LogP contribution is 2.39. The summed E-state index contributed by atoms with van der Waals surface area (Å²) in [5.74, 6) is 0.379. The Morgan fingerprint density at radius 1 is 0.839 bits per heavy atom. The van der Waals surface area contributed by atoms with Gasteiger partial charge in [0, 0.05) is 62.6 Å². The van der Waals surface area contributed by atoms with Gasteiger partial charge in [0.1, 0.15) is 11.5 Å². The van der Waals surface area contributed by atoms with E-state index < -0.39 is 0 Å². The fourth-order valence-electron chi connectivity index (χ4n) is 4.17. The Morgan fingerprint density at radius 2 is 1.48 bits per heavy atom. The number of aliphatic hydroxyl groups is 1. The molecule has 2 aromatic carbocycles. The van der Waals surface area contributed by atoms with Crippen molar-refractivity contribution in [1.82, 2.24) is 9.80 Å². The molecule has 0 aromatic heterocycles. The Hall–Kier alpha value is -2.60. The van der Waals surface area contributed by atoms with Crippen LogP contribution in [0.25, 0.3) is 11.1 Å². The second-order valence-corrected chi connectivity index (χ2v) is 8.18. The number of phenolic OH excluding ortho intramolecular Hbond substituents is 2. The van der Waals surface area contributed by atoms with Gasteiger partial charge >= 0.3 is 0 Å². The minimum absolute atomic E-state index is 0.155. The molecule has 0 saturated carbocycles. The fourth-order valence-corrected chi connectivity index (χ4v) is 4.17. The Labute approximate surface area is 185 Å². The Bertz CT molecular complexity index is 902. The van der Waals surface area contributed by atoms with Crippen LogP contribution in [0.4, 0.5) is 0 Å². The number of hydrogen-bond acceptors (Lipinski definition) is 5. The highest BCUT2D eigenvalue weighted by molar-refractivity contribution is 5.78. The van der Waals surface area contributed by atoms with E-state index in [1.807, 2.05) is 36.4 Å². The van der Waals surface area contributed by atoms with Gasteiger partial charge in [-0.3, -0.25) is 4.90 Å². The molecule has 0 spiro atoms. The molecule has 0 aliphatic carbocycles. The third-order valence-corrected chi connectivity index (χ3v) is 5.85. The van der Waals surface area contributed by atoms with Crippen LogP contribution in [0.2, 0.25) is 0 Å². The lowest BCUT2D eigenvalue weighted by molar-refractivity contribution is 0.119. The van der Waals surface area contributed by atoms with Gasteiger partial charge in [0.25, 0.3) is 0 Å². The van der Waals surface area contributed by atoms with Gasteiger partial charge in [-0.1, -0.05) is 24.3 Å². The van der Waals surface area contributed by atoms with E-state index in [2.05, 4.69) is 23.0 Å². The predicted octanol–water partition coefficient (Wildman–Crippen LogP) is 3.72. The number of aromatic hydroxyl groups is 2. The molecule has 0 radical (unpaired) electrons. The first-order chi connectivity index (χ1) is 15.0. The average Bonchev–Trinajstić information content (AvgIpc) is 2.77. The number of aliphatic hydroxyl groups excluding tert-OH is 1. The predicted molar refractivity (Wildman–Crippen MR) is 126 cm³/mol. The summed E-state index contributed by atoms with van der Waals surface area (Å²) in [5, 5.41) is 30.7. The second kappa shape index (κ2) is 11.1.